The second-order valence-corrected chi connectivity index (χ2v) is 6.27. The molecular weight excluding hydrogens is 226 g/mol. The molecular formula is C11H15NO3S. The Morgan fingerprint density at radius 1 is 1.38 bits per heavy atom. The molecule has 1 heterocycles. The molecule has 1 atom stereocenters. The van der Waals surface area contributed by atoms with Gasteiger partial charge in [0.15, 0.2) is 9.84 Å². The Morgan fingerprint density at radius 3 is 2.75 bits per heavy atom. The van der Waals surface area contributed by atoms with E-state index in [0.717, 1.165) is 0 Å². The molecule has 1 unspecified atom stereocenters. The summed E-state index contributed by atoms with van der Waals surface area (Å²) in [5.74, 6) is 0.0561. The zero-order valence-electron chi connectivity index (χ0n) is 8.89. The fourth-order valence-corrected chi connectivity index (χ4v) is 3.91. The Hall–Kier alpha value is -0.910. The highest BCUT2D eigenvalue weighted by atomic mass is 32.2. The fourth-order valence-electron chi connectivity index (χ4n) is 2.17. The van der Waals surface area contributed by atoms with Crippen LogP contribution in [0.1, 0.15) is 18.4 Å². The van der Waals surface area contributed by atoms with Gasteiger partial charge in [-0.15, -0.1) is 0 Å². The van der Waals surface area contributed by atoms with Crippen LogP contribution in [0.25, 0.3) is 0 Å². The molecule has 4 nitrogen and oxygen atoms in total. The smallest absolute Gasteiger partial charge is 0.178 e. The Bertz CT molecular complexity index is 498. The van der Waals surface area contributed by atoms with Crippen LogP contribution in [0, 0.1) is 0 Å². The molecule has 1 aromatic rings. The van der Waals surface area contributed by atoms with Gasteiger partial charge in [0.25, 0.3) is 0 Å². The summed E-state index contributed by atoms with van der Waals surface area (Å²) in [7, 11) is -3.19. The minimum absolute atomic E-state index is 0.0368. The normalized spacial score (nSPS) is 27.4. The first kappa shape index (κ1) is 11.6. The summed E-state index contributed by atoms with van der Waals surface area (Å²) in [5, 5.41) is 9.01. The number of hydrogen-bond donors (Lipinski definition) is 2. The van der Waals surface area contributed by atoms with E-state index in [-0.39, 0.29) is 12.4 Å². The van der Waals surface area contributed by atoms with Crippen molar-refractivity contribution in [2.75, 3.05) is 12.4 Å². The molecule has 0 aromatic heterocycles. The van der Waals surface area contributed by atoms with Gasteiger partial charge in [-0.1, -0.05) is 18.2 Å². The standard InChI is InChI=1S/C11H15NO3S/c12-11(5-7-13)6-8-16(14,15)10-4-2-1-3-9(10)11/h1-4,13H,5-8,12H2. The highest BCUT2D eigenvalue weighted by Gasteiger charge is 2.38. The number of aliphatic hydroxyl groups excluding tert-OH is 1. The lowest BCUT2D eigenvalue weighted by atomic mass is 9.85. The number of hydrogen-bond acceptors (Lipinski definition) is 4. The molecule has 0 bridgehead atoms. The van der Waals surface area contributed by atoms with Crippen LogP contribution in [0.15, 0.2) is 29.2 Å². The summed E-state index contributed by atoms with van der Waals surface area (Å²) in [6, 6.07) is 6.80. The molecule has 2 rings (SSSR count). The lowest BCUT2D eigenvalue weighted by Gasteiger charge is -2.34. The molecule has 0 saturated carbocycles. The van der Waals surface area contributed by atoms with E-state index >= 15 is 0 Å². The Balaban J connectivity index is 2.60. The molecule has 0 aliphatic carbocycles. The number of nitrogens with two attached hydrogens (primary N) is 1. The van der Waals surface area contributed by atoms with E-state index < -0.39 is 15.4 Å². The summed E-state index contributed by atoms with van der Waals surface area (Å²) in [6.45, 7) is -0.0368. The van der Waals surface area contributed by atoms with Crippen molar-refractivity contribution < 1.29 is 13.5 Å². The van der Waals surface area contributed by atoms with Gasteiger partial charge in [0.1, 0.15) is 0 Å². The molecule has 0 amide bonds. The highest BCUT2D eigenvalue weighted by molar-refractivity contribution is 7.91. The van der Waals surface area contributed by atoms with E-state index in [9.17, 15) is 8.42 Å². The van der Waals surface area contributed by atoms with Gasteiger partial charge in [-0.05, 0) is 24.5 Å². The van der Waals surface area contributed by atoms with Crippen molar-refractivity contribution in [1.29, 1.82) is 0 Å². The second kappa shape index (κ2) is 3.84. The first-order valence-electron chi connectivity index (χ1n) is 5.22. The van der Waals surface area contributed by atoms with Gasteiger partial charge in [-0.2, -0.15) is 0 Å². The molecule has 88 valence electrons. The summed E-state index contributed by atoms with van der Waals surface area (Å²) in [4.78, 5) is 0.317. The van der Waals surface area contributed by atoms with E-state index in [4.69, 9.17) is 10.8 Å². The maximum atomic E-state index is 11.8. The van der Waals surface area contributed by atoms with Crippen molar-refractivity contribution in [2.24, 2.45) is 5.73 Å². The molecule has 0 spiro atoms. The molecule has 1 aliphatic rings. The third-order valence-electron chi connectivity index (χ3n) is 3.13. The van der Waals surface area contributed by atoms with E-state index in [2.05, 4.69) is 0 Å². The maximum Gasteiger partial charge on any atom is 0.178 e. The average molecular weight is 241 g/mol. The quantitative estimate of drug-likeness (QED) is 0.785. The Morgan fingerprint density at radius 2 is 2.06 bits per heavy atom. The predicted molar refractivity (Wildman–Crippen MR) is 60.7 cm³/mol. The highest BCUT2D eigenvalue weighted by Crippen LogP contribution is 2.36. The molecule has 5 heteroatoms. The number of benzene rings is 1. The van der Waals surface area contributed by atoms with Crippen molar-refractivity contribution in [3.63, 3.8) is 0 Å². The molecule has 1 aromatic carbocycles. The van der Waals surface area contributed by atoms with E-state index in [0.29, 0.717) is 23.3 Å². The maximum absolute atomic E-state index is 11.8. The first-order chi connectivity index (χ1) is 7.49. The monoisotopic (exact) mass is 241 g/mol. The van der Waals surface area contributed by atoms with Crippen LogP contribution in [-0.2, 0) is 15.4 Å². The number of aliphatic hydroxyl groups is 1. The van der Waals surface area contributed by atoms with Gasteiger partial charge in [-0.25, -0.2) is 8.42 Å². The second-order valence-electron chi connectivity index (χ2n) is 4.19. The average Bonchev–Trinajstić information content (AvgIpc) is 2.26. The third-order valence-corrected chi connectivity index (χ3v) is 4.90. The van der Waals surface area contributed by atoms with Gasteiger partial charge >= 0.3 is 0 Å². The van der Waals surface area contributed by atoms with Gasteiger partial charge in [0.05, 0.1) is 10.6 Å². The molecule has 0 saturated heterocycles. The van der Waals surface area contributed by atoms with Crippen LogP contribution >= 0.6 is 0 Å². The van der Waals surface area contributed by atoms with E-state index in [1.165, 1.54) is 0 Å². The van der Waals surface area contributed by atoms with Crippen LogP contribution in [0.3, 0.4) is 0 Å². The summed E-state index contributed by atoms with van der Waals surface area (Å²) in [6.07, 6.45) is 0.756. The molecule has 1 aliphatic heterocycles. The Labute approximate surface area is 95.0 Å². The summed E-state index contributed by atoms with van der Waals surface area (Å²) < 4.78 is 23.7. The Kier molecular flexibility index (Phi) is 2.77. The van der Waals surface area contributed by atoms with E-state index in [1.807, 2.05) is 0 Å². The van der Waals surface area contributed by atoms with Crippen LogP contribution in [-0.4, -0.2) is 25.9 Å². The predicted octanol–water partition coefficient (Wildman–Crippen LogP) is 0.400. The molecule has 3 N–H and O–H groups in total. The van der Waals surface area contributed by atoms with Crippen LogP contribution in [0.2, 0.25) is 0 Å². The summed E-state index contributed by atoms with van der Waals surface area (Å²) >= 11 is 0. The third kappa shape index (κ3) is 1.75. The fraction of sp³-hybridized carbons (Fsp3) is 0.455. The van der Waals surface area contributed by atoms with E-state index in [1.54, 1.807) is 24.3 Å². The van der Waals surface area contributed by atoms with Gasteiger partial charge in [0.2, 0.25) is 0 Å². The van der Waals surface area contributed by atoms with Crippen molar-refractivity contribution in [3.8, 4) is 0 Å². The van der Waals surface area contributed by atoms with Crippen molar-refractivity contribution in [2.45, 2.75) is 23.3 Å². The molecule has 16 heavy (non-hydrogen) atoms. The van der Waals surface area contributed by atoms with Gasteiger partial charge in [-0.3, -0.25) is 0 Å². The van der Waals surface area contributed by atoms with Crippen molar-refractivity contribution in [1.82, 2.24) is 0 Å². The van der Waals surface area contributed by atoms with Crippen LogP contribution < -0.4 is 5.73 Å². The topological polar surface area (TPSA) is 80.4 Å². The number of rotatable bonds is 2. The summed E-state index contributed by atoms with van der Waals surface area (Å²) in [5.41, 5.74) is 6.10. The molecule has 0 radical (unpaired) electrons. The van der Waals surface area contributed by atoms with Gasteiger partial charge < -0.3 is 10.8 Å². The lowest BCUT2D eigenvalue weighted by Crippen LogP contribution is -2.43. The van der Waals surface area contributed by atoms with Crippen molar-refractivity contribution >= 4 is 9.84 Å². The number of sulfone groups is 1. The van der Waals surface area contributed by atoms with Crippen molar-refractivity contribution in [3.05, 3.63) is 29.8 Å². The zero-order valence-corrected chi connectivity index (χ0v) is 9.70. The minimum Gasteiger partial charge on any atom is -0.396 e. The van der Waals surface area contributed by atoms with Crippen LogP contribution in [0.4, 0.5) is 0 Å². The first-order valence-corrected chi connectivity index (χ1v) is 6.87. The van der Waals surface area contributed by atoms with Crippen LogP contribution in [0.5, 0.6) is 0 Å². The lowest BCUT2D eigenvalue weighted by molar-refractivity contribution is 0.231. The number of fused-ring (bicyclic) bond motifs is 1. The SMILES string of the molecule is NC1(CCO)CCS(=O)(=O)c2ccccc21. The minimum atomic E-state index is -3.19. The zero-order chi connectivity index (χ0) is 11.8. The molecule has 0 fully saturated rings. The van der Waals surface area contributed by atoms with Gasteiger partial charge in [0, 0.05) is 12.1 Å². The largest absolute Gasteiger partial charge is 0.396 e.